The van der Waals surface area contributed by atoms with Crippen LogP contribution in [0.15, 0.2) is 12.1 Å². The molecular formula is C10H13NO2S. The Bertz CT molecular complexity index is 375. The third kappa shape index (κ3) is 1.96. The van der Waals surface area contributed by atoms with Gasteiger partial charge in [-0.1, -0.05) is 26.1 Å². The van der Waals surface area contributed by atoms with Crippen LogP contribution < -0.4 is 5.73 Å². The second kappa shape index (κ2) is 3.84. The van der Waals surface area contributed by atoms with Crippen LogP contribution in [0, 0.1) is 0 Å². The minimum absolute atomic E-state index is 0.0671. The Kier molecular flexibility index (Phi) is 2.96. The van der Waals surface area contributed by atoms with Crippen molar-refractivity contribution >= 4 is 17.2 Å². The van der Waals surface area contributed by atoms with Crippen LogP contribution in [0.3, 0.4) is 0 Å². The van der Waals surface area contributed by atoms with Crippen LogP contribution in [0.25, 0.3) is 0 Å². The topological polar surface area (TPSA) is 66.5 Å². The highest BCUT2D eigenvalue weighted by molar-refractivity contribution is 7.80. The van der Waals surface area contributed by atoms with Crippen molar-refractivity contribution in [3.8, 4) is 11.5 Å². The molecule has 4 N–H and O–H groups in total. The lowest BCUT2D eigenvalue weighted by molar-refractivity contribution is 0.443. The third-order valence-corrected chi connectivity index (χ3v) is 2.25. The fourth-order valence-corrected chi connectivity index (χ4v) is 1.42. The van der Waals surface area contributed by atoms with Gasteiger partial charge in [0.1, 0.15) is 16.5 Å². The summed E-state index contributed by atoms with van der Waals surface area (Å²) in [4.78, 5) is 0.129. The largest absolute Gasteiger partial charge is 0.508 e. The van der Waals surface area contributed by atoms with Crippen molar-refractivity contribution in [3.63, 3.8) is 0 Å². The van der Waals surface area contributed by atoms with Gasteiger partial charge in [-0.15, -0.1) is 0 Å². The molecule has 76 valence electrons. The zero-order valence-electron chi connectivity index (χ0n) is 8.11. The molecule has 1 rings (SSSR count). The molecule has 0 spiro atoms. The Morgan fingerprint density at radius 1 is 1.29 bits per heavy atom. The van der Waals surface area contributed by atoms with Gasteiger partial charge in [0.25, 0.3) is 0 Å². The number of thiocarbonyl (C=S) groups is 1. The highest BCUT2D eigenvalue weighted by Gasteiger charge is 2.12. The van der Waals surface area contributed by atoms with Crippen LogP contribution in [0.1, 0.15) is 30.9 Å². The minimum Gasteiger partial charge on any atom is -0.508 e. The van der Waals surface area contributed by atoms with Gasteiger partial charge in [0.15, 0.2) is 0 Å². The maximum absolute atomic E-state index is 9.52. The van der Waals surface area contributed by atoms with Crippen molar-refractivity contribution in [3.05, 3.63) is 23.3 Å². The van der Waals surface area contributed by atoms with Gasteiger partial charge in [-0.05, 0) is 17.5 Å². The molecule has 0 atom stereocenters. The number of hydrogen-bond donors (Lipinski definition) is 3. The van der Waals surface area contributed by atoms with Gasteiger partial charge in [-0.3, -0.25) is 0 Å². The maximum atomic E-state index is 9.52. The van der Waals surface area contributed by atoms with Crippen LogP contribution in [0.5, 0.6) is 11.5 Å². The molecule has 4 heteroatoms. The number of rotatable bonds is 2. The Hall–Kier alpha value is -1.29. The fourth-order valence-electron chi connectivity index (χ4n) is 1.25. The average molecular weight is 211 g/mol. The van der Waals surface area contributed by atoms with Crippen molar-refractivity contribution < 1.29 is 10.2 Å². The number of nitrogens with two attached hydrogens (primary N) is 1. The van der Waals surface area contributed by atoms with E-state index in [0.29, 0.717) is 5.56 Å². The number of phenolic OH excluding ortho intramolecular Hbond substituents is 2. The molecule has 1 aromatic carbocycles. The first-order chi connectivity index (χ1) is 6.43. The molecule has 3 nitrogen and oxygen atoms in total. The molecule has 0 aliphatic heterocycles. The molecule has 1 aromatic rings. The molecular weight excluding hydrogens is 198 g/mol. The minimum atomic E-state index is -0.0839. The van der Waals surface area contributed by atoms with E-state index in [1.54, 1.807) is 6.07 Å². The predicted molar refractivity (Wildman–Crippen MR) is 59.7 cm³/mol. The molecule has 0 aliphatic rings. The van der Waals surface area contributed by atoms with Gasteiger partial charge in [0, 0.05) is 6.07 Å². The molecule has 0 saturated heterocycles. The summed E-state index contributed by atoms with van der Waals surface area (Å²) in [7, 11) is 0. The molecule has 0 bridgehead atoms. The predicted octanol–water partition coefficient (Wildman–Crippen LogP) is 1.86. The molecule has 0 aromatic heterocycles. The Labute approximate surface area is 88.2 Å². The van der Waals surface area contributed by atoms with Crippen molar-refractivity contribution in [1.29, 1.82) is 0 Å². The van der Waals surface area contributed by atoms with Crippen LogP contribution in [0.4, 0.5) is 0 Å². The SMILES string of the molecule is CC(C)c1cc(C(N)=S)c(O)cc1O. The van der Waals surface area contributed by atoms with Gasteiger partial charge in [0.2, 0.25) is 0 Å². The fraction of sp³-hybridized carbons (Fsp3) is 0.300. The summed E-state index contributed by atoms with van der Waals surface area (Å²) in [6, 6.07) is 2.89. The van der Waals surface area contributed by atoms with E-state index in [9.17, 15) is 10.2 Å². The van der Waals surface area contributed by atoms with Crippen LogP contribution in [0.2, 0.25) is 0 Å². The van der Waals surface area contributed by atoms with E-state index < -0.39 is 0 Å². The number of aromatic hydroxyl groups is 2. The van der Waals surface area contributed by atoms with E-state index in [-0.39, 0.29) is 22.4 Å². The number of benzene rings is 1. The second-order valence-corrected chi connectivity index (χ2v) is 3.89. The highest BCUT2D eigenvalue weighted by atomic mass is 32.1. The van der Waals surface area contributed by atoms with Gasteiger partial charge in [-0.25, -0.2) is 0 Å². The molecule has 0 unspecified atom stereocenters. The molecule has 0 radical (unpaired) electrons. The standard InChI is InChI=1S/C10H13NO2S/c1-5(2)6-3-7(10(11)14)9(13)4-8(6)12/h3-5,12-13H,1-2H3,(H2,11,14). The van der Waals surface area contributed by atoms with Gasteiger partial charge >= 0.3 is 0 Å². The summed E-state index contributed by atoms with van der Waals surface area (Å²) in [5.74, 6) is 0.139. The Balaban J connectivity index is 3.34. The smallest absolute Gasteiger partial charge is 0.129 e. The van der Waals surface area contributed by atoms with Gasteiger partial charge in [0.05, 0.1) is 5.56 Å². The van der Waals surface area contributed by atoms with E-state index in [4.69, 9.17) is 18.0 Å². The summed E-state index contributed by atoms with van der Waals surface area (Å²) < 4.78 is 0. The Morgan fingerprint density at radius 3 is 2.29 bits per heavy atom. The lowest BCUT2D eigenvalue weighted by Crippen LogP contribution is -2.10. The summed E-state index contributed by atoms with van der Waals surface area (Å²) in [6.45, 7) is 3.88. The lowest BCUT2D eigenvalue weighted by Gasteiger charge is -2.11. The average Bonchev–Trinajstić information content (AvgIpc) is 2.02. The van der Waals surface area contributed by atoms with Crippen molar-refractivity contribution in [2.75, 3.05) is 0 Å². The summed E-state index contributed by atoms with van der Waals surface area (Å²) >= 11 is 4.78. The van der Waals surface area contributed by atoms with Crippen LogP contribution in [-0.2, 0) is 0 Å². The van der Waals surface area contributed by atoms with Crippen molar-refractivity contribution in [2.24, 2.45) is 5.73 Å². The molecule has 0 amide bonds. The maximum Gasteiger partial charge on any atom is 0.129 e. The summed E-state index contributed by atoms with van der Waals surface area (Å²) in [5.41, 5.74) is 6.56. The number of hydrogen-bond acceptors (Lipinski definition) is 3. The summed E-state index contributed by atoms with van der Waals surface area (Å²) in [6.07, 6.45) is 0. The first-order valence-electron chi connectivity index (χ1n) is 4.29. The van der Waals surface area contributed by atoms with Gasteiger partial charge < -0.3 is 15.9 Å². The first-order valence-corrected chi connectivity index (χ1v) is 4.70. The second-order valence-electron chi connectivity index (χ2n) is 3.45. The van der Waals surface area contributed by atoms with Crippen LogP contribution in [-0.4, -0.2) is 15.2 Å². The molecule has 0 aliphatic carbocycles. The quantitative estimate of drug-likeness (QED) is 0.653. The van der Waals surface area contributed by atoms with E-state index >= 15 is 0 Å². The summed E-state index contributed by atoms with van der Waals surface area (Å²) in [5, 5.41) is 19.0. The van der Waals surface area contributed by atoms with Crippen molar-refractivity contribution in [1.82, 2.24) is 0 Å². The normalized spacial score (nSPS) is 10.5. The van der Waals surface area contributed by atoms with E-state index in [1.165, 1.54) is 6.07 Å². The van der Waals surface area contributed by atoms with Gasteiger partial charge in [-0.2, -0.15) is 0 Å². The zero-order valence-corrected chi connectivity index (χ0v) is 8.93. The third-order valence-electron chi connectivity index (χ3n) is 2.03. The molecule has 14 heavy (non-hydrogen) atoms. The zero-order chi connectivity index (χ0) is 10.9. The first kappa shape index (κ1) is 10.8. The van der Waals surface area contributed by atoms with E-state index in [0.717, 1.165) is 5.56 Å². The van der Waals surface area contributed by atoms with Crippen molar-refractivity contribution in [2.45, 2.75) is 19.8 Å². The Morgan fingerprint density at radius 2 is 1.86 bits per heavy atom. The molecule has 0 saturated carbocycles. The van der Waals surface area contributed by atoms with E-state index in [1.807, 2.05) is 13.8 Å². The highest BCUT2D eigenvalue weighted by Crippen LogP contribution is 2.31. The van der Waals surface area contributed by atoms with Crippen LogP contribution >= 0.6 is 12.2 Å². The molecule has 0 fully saturated rings. The number of phenols is 2. The monoisotopic (exact) mass is 211 g/mol. The van der Waals surface area contributed by atoms with E-state index in [2.05, 4.69) is 0 Å². The lowest BCUT2D eigenvalue weighted by atomic mass is 9.99. The molecule has 0 heterocycles.